The number of aromatic nitrogens is 6. The maximum Gasteiger partial charge on any atom is 0.258 e. The summed E-state index contributed by atoms with van der Waals surface area (Å²) in [4.78, 5) is 16.0. The van der Waals surface area contributed by atoms with Crippen molar-refractivity contribution >= 4 is 11.9 Å². The maximum atomic E-state index is 5.63. The highest BCUT2D eigenvalue weighted by atomic mass is 16.5. The van der Waals surface area contributed by atoms with Gasteiger partial charge in [-0.3, -0.25) is 0 Å². The SMILES string of the molecule is COCCCCNc1nc(N)nc(-n2cncn2)n1. The average molecular weight is 264 g/mol. The Morgan fingerprint density at radius 3 is 2.95 bits per heavy atom. The Morgan fingerprint density at radius 2 is 2.21 bits per heavy atom. The van der Waals surface area contributed by atoms with Crippen LogP contribution in [-0.4, -0.2) is 50.0 Å². The van der Waals surface area contributed by atoms with Gasteiger partial charge in [-0.25, -0.2) is 4.98 Å². The molecule has 0 saturated heterocycles. The molecule has 0 saturated carbocycles. The molecule has 0 amide bonds. The third-order valence-electron chi connectivity index (χ3n) is 2.32. The minimum absolute atomic E-state index is 0.139. The molecule has 9 heteroatoms. The zero-order chi connectivity index (χ0) is 13.5. The Balaban J connectivity index is 1.97. The van der Waals surface area contributed by atoms with E-state index in [1.165, 1.54) is 17.3 Å². The minimum Gasteiger partial charge on any atom is -0.385 e. The fraction of sp³-hybridized carbons (Fsp3) is 0.500. The van der Waals surface area contributed by atoms with Crippen molar-refractivity contribution in [3.8, 4) is 5.95 Å². The second kappa shape index (κ2) is 6.59. The van der Waals surface area contributed by atoms with Crippen molar-refractivity contribution in [3.63, 3.8) is 0 Å². The number of rotatable bonds is 7. The van der Waals surface area contributed by atoms with Crippen molar-refractivity contribution in [3.05, 3.63) is 12.7 Å². The Bertz CT molecular complexity index is 500. The average Bonchev–Trinajstić information content (AvgIpc) is 2.92. The molecule has 2 aromatic heterocycles. The van der Waals surface area contributed by atoms with Gasteiger partial charge in [-0.2, -0.15) is 24.7 Å². The van der Waals surface area contributed by atoms with E-state index in [0.717, 1.165) is 26.0 Å². The fourth-order valence-corrected chi connectivity index (χ4v) is 1.45. The number of anilines is 2. The van der Waals surface area contributed by atoms with Crippen molar-refractivity contribution in [2.45, 2.75) is 12.8 Å². The monoisotopic (exact) mass is 264 g/mol. The number of hydrogen-bond acceptors (Lipinski definition) is 8. The topological polar surface area (TPSA) is 117 Å². The summed E-state index contributed by atoms with van der Waals surface area (Å²) in [5, 5.41) is 7.03. The van der Waals surface area contributed by atoms with Crippen LogP contribution in [0.15, 0.2) is 12.7 Å². The van der Waals surface area contributed by atoms with Crippen molar-refractivity contribution in [1.82, 2.24) is 29.7 Å². The third-order valence-corrected chi connectivity index (χ3v) is 2.32. The molecule has 0 aromatic carbocycles. The molecule has 2 rings (SSSR count). The maximum absolute atomic E-state index is 5.63. The third kappa shape index (κ3) is 3.85. The zero-order valence-electron chi connectivity index (χ0n) is 10.7. The van der Waals surface area contributed by atoms with Gasteiger partial charge in [-0.15, -0.1) is 0 Å². The summed E-state index contributed by atoms with van der Waals surface area (Å²) in [6.45, 7) is 1.48. The highest BCUT2D eigenvalue weighted by Gasteiger charge is 2.06. The lowest BCUT2D eigenvalue weighted by atomic mass is 10.3. The predicted octanol–water partition coefficient (Wildman–Crippen LogP) is -0.127. The van der Waals surface area contributed by atoms with Crippen molar-refractivity contribution in [1.29, 1.82) is 0 Å². The van der Waals surface area contributed by atoms with Gasteiger partial charge in [0.15, 0.2) is 0 Å². The smallest absolute Gasteiger partial charge is 0.258 e. The van der Waals surface area contributed by atoms with Crippen molar-refractivity contribution < 1.29 is 4.74 Å². The molecule has 0 aliphatic rings. The lowest BCUT2D eigenvalue weighted by molar-refractivity contribution is 0.193. The van der Waals surface area contributed by atoms with Gasteiger partial charge in [0.25, 0.3) is 5.95 Å². The van der Waals surface area contributed by atoms with Crippen LogP contribution in [0.5, 0.6) is 0 Å². The van der Waals surface area contributed by atoms with Crippen LogP contribution in [0, 0.1) is 0 Å². The first-order chi connectivity index (χ1) is 9.29. The molecule has 19 heavy (non-hydrogen) atoms. The Hall–Kier alpha value is -2.29. The Morgan fingerprint density at radius 1 is 1.32 bits per heavy atom. The van der Waals surface area contributed by atoms with Crippen molar-refractivity contribution in [2.24, 2.45) is 0 Å². The molecule has 0 radical (unpaired) electrons. The number of nitrogen functional groups attached to an aromatic ring is 1. The molecule has 3 N–H and O–H groups in total. The lowest BCUT2D eigenvalue weighted by Crippen LogP contribution is -2.12. The minimum atomic E-state index is 0.139. The van der Waals surface area contributed by atoms with Crippen LogP contribution in [0.2, 0.25) is 0 Å². The fourth-order valence-electron chi connectivity index (χ4n) is 1.45. The van der Waals surface area contributed by atoms with Gasteiger partial charge < -0.3 is 15.8 Å². The second-order valence-corrected chi connectivity index (χ2v) is 3.78. The molecule has 102 valence electrons. The zero-order valence-corrected chi connectivity index (χ0v) is 10.7. The number of hydrogen-bond donors (Lipinski definition) is 2. The summed E-state index contributed by atoms with van der Waals surface area (Å²) in [5.74, 6) is 0.902. The molecule has 0 fully saturated rings. The van der Waals surface area contributed by atoms with Crippen LogP contribution < -0.4 is 11.1 Å². The molecule has 0 atom stereocenters. The largest absolute Gasteiger partial charge is 0.385 e. The highest BCUT2D eigenvalue weighted by molar-refractivity contribution is 5.34. The van der Waals surface area contributed by atoms with Crippen LogP contribution in [-0.2, 0) is 4.74 Å². The number of methoxy groups -OCH3 is 1. The highest BCUT2D eigenvalue weighted by Crippen LogP contribution is 2.05. The number of nitrogens with one attached hydrogen (secondary N) is 1. The van der Waals surface area contributed by atoms with Gasteiger partial charge in [0, 0.05) is 20.3 Å². The van der Waals surface area contributed by atoms with Gasteiger partial charge in [0.05, 0.1) is 0 Å². The predicted molar refractivity (Wildman–Crippen MR) is 68.8 cm³/mol. The van der Waals surface area contributed by atoms with Crippen LogP contribution >= 0.6 is 0 Å². The Kier molecular flexibility index (Phi) is 4.56. The lowest BCUT2D eigenvalue weighted by Gasteiger charge is -2.06. The number of nitrogens with zero attached hydrogens (tertiary/aromatic N) is 6. The van der Waals surface area contributed by atoms with Crippen LogP contribution in [0.3, 0.4) is 0 Å². The van der Waals surface area contributed by atoms with E-state index in [2.05, 4.69) is 30.4 Å². The molecule has 2 aromatic rings. The molecule has 2 heterocycles. The van der Waals surface area contributed by atoms with Gasteiger partial charge >= 0.3 is 0 Å². The van der Waals surface area contributed by atoms with Gasteiger partial charge in [0.1, 0.15) is 12.7 Å². The van der Waals surface area contributed by atoms with E-state index in [0.29, 0.717) is 11.9 Å². The summed E-state index contributed by atoms with van der Waals surface area (Å²) in [5.41, 5.74) is 5.63. The van der Waals surface area contributed by atoms with Crippen molar-refractivity contribution in [2.75, 3.05) is 31.3 Å². The summed E-state index contributed by atoms with van der Waals surface area (Å²) in [6, 6.07) is 0. The molecule has 0 aliphatic heterocycles. The molecule has 0 spiro atoms. The quantitative estimate of drug-likeness (QED) is 0.664. The first kappa shape index (κ1) is 13.1. The molecule has 0 unspecified atom stereocenters. The summed E-state index contributed by atoms with van der Waals surface area (Å²) < 4.78 is 6.40. The first-order valence-electron chi connectivity index (χ1n) is 5.89. The van der Waals surface area contributed by atoms with E-state index in [9.17, 15) is 0 Å². The van der Waals surface area contributed by atoms with E-state index < -0.39 is 0 Å². The summed E-state index contributed by atoms with van der Waals surface area (Å²) in [6.07, 6.45) is 4.83. The second-order valence-electron chi connectivity index (χ2n) is 3.78. The molecule has 0 aliphatic carbocycles. The standard InChI is InChI=1S/C10H16N8O/c1-19-5-3-2-4-13-9-15-8(11)16-10(17-9)18-7-12-6-14-18/h6-7H,2-5H2,1H3,(H3,11,13,15,16,17). The van der Waals surface area contributed by atoms with Crippen LogP contribution in [0.4, 0.5) is 11.9 Å². The normalized spacial score (nSPS) is 10.6. The van der Waals surface area contributed by atoms with E-state index in [1.54, 1.807) is 7.11 Å². The van der Waals surface area contributed by atoms with E-state index in [-0.39, 0.29) is 5.95 Å². The van der Waals surface area contributed by atoms with Crippen LogP contribution in [0.1, 0.15) is 12.8 Å². The summed E-state index contributed by atoms with van der Waals surface area (Å²) in [7, 11) is 1.69. The van der Waals surface area contributed by atoms with E-state index >= 15 is 0 Å². The van der Waals surface area contributed by atoms with E-state index in [1.807, 2.05) is 0 Å². The van der Waals surface area contributed by atoms with Gasteiger partial charge in [-0.05, 0) is 12.8 Å². The van der Waals surface area contributed by atoms with E-state index in [4.69, 9.17) is 10.5 Å². The molecular weight excluding hydrogens is 248 g/mol. The first-order valence-corrected chi connectivity index (χ1v) is 5.89. The molecule has 0 bridgehead atoms. The number of unbranched alkanes of at least 4 members (excludes halogenated alkanes) is 1. The summed E-state index contributed by atoms with van der Waals surface area (Å²) >= 11 is 0. The molecule has 9 nitrogen and oxygen atoms in total. The number of ether oxygens (including phenoxy) is 1. The molecular formula is C10H16N8O. The van der Waals surface area contributed by atoms with Gasteiger partial charge in [0.2, 0.25) is 11.9 Å². The van der Waals surface area contributed by atoms with Gasteiger partial charge in [-0.1, -0.05) is 0 Å². The number of nitrogens with two attached hydrogens (primary N) is 1. The van der Waals surface area contributed by atoms with Crippen LogP contribution in [0.25, 0.3) is 5.95 Å². The Labute approximate surface area is 110 Å².